The SMILES string of the molecule is CC(C)(C)OC(=O)N1CCC[C@H]1C(=O)O.COC(=O)[C@@H](N)Cc1ccccc1.N[C@@H](Cc1ccccc1)C(=O)O.O=C(O)[C@@H]1CCCN1. The van der Waals surface area contributed by atoms with Crippen LogP contribution in [-0.4, -0.2) is 100 Å². The van der Waals surface area contributed by atoms with Crippen LogP contribution in [0.1, 0.15) is 57.6 Å². The third kappa shape index (κ3) is 16.9. The quantitative estimate of drug-likeness (QED) is 0.221. The number of carbonyl (C=O) groups excluding carboxylic acids is 2. The van der Waals surface area contributed by atoms with Crippen molar-refractivity contribution in [1.82, 2.24) is 10.2 Å². The number of esters is 1. The summed E-state index contributed by atoms with van der Waals surface area (Å²) in [6, 6.07) is 16.6. The first-order valence-electron chi connectivity index (χ1n) is 15.6. The maximum atomic E-state index is 11.6. The molecule has 4 rings (SSSR count). The fourth-order valence-electron chi connectivity index (χ4n) is 4.52. The van der Waals surface area contributed by atoms with Crippen molar-refractivity contribution in [3.05, 3.63) is 71.8 Å². The normalized spacial score (nSPS) is 17.8. The van der Waals surface area contributed by atoms with E-state index in [1.165, 1.54) is 12.0 Å². The molecule has 8 N–H and O–H groups in total. The van der Waals surface area contributed by atoms with Gasteiger partial charge in [-0.2, -0.15) is 0 Å². The number of nitrogens with one attached hydrogen (secondary N) is 1. The van der Waals surface area contributed by atoms with Gasteiger partial charge in [-0.25, -0.2) is 9.59 Å². The summed E-state index contributed by atoms with van der Waals surface area (Å²) in [6.45, 7) is 6.60. The average Bonchev–Trinajstić information content (AvgIpc) is 3.76. The number of nitrogens with two attached hydrogens (primary N) is 2. The van der Waals surface area contributed by atoms with Crippen molar-refractivity contribution < 1.29 is 48.8 Å². The number of carboxylic acids is 3. The van der Waals surface area contributed by atoms with Gasteiger partial charge in [0, 0.05) is 6.54 Å². The highest BCUT2D eigenvalue weighted by atomic mass is 16.6. The summed E-state index contributed by atoms with van der Waals surface area (Å²) in [5.41, 5.74) is 12.3. The summed E-state index contributed by atoms with van der Waals surface area (Å²) in [5.74, 6) is -3.01. The Morgan fingerprint density at radius 3 is 1.73 bits per heavy atom. The predicted molar refractivity (Wildman–Crippen MR) is 178 cm³/mol. The molecule has 1 amide bonds. The molecule has 0 spiro atoms. The zero-order chi connectivity index (χ0) is 36.3. The number of benzene rings is 2. The molecule has 0 aromatic heterocycles. The van der Waals surface area contributed by atoms with Crippen LogP contribution in [0, 0.1) is 0 Å². The lowest BCUT2D eigenvalue weighted by Gasteiger charge is -2.26. The highest BCUT2D eigenvalue weighted by molar-refractivity contribution is 5.80. The molecule has 2 fully saturated rings. The average molecular weight is 675 g/mol. The Labute approximate surface area is 281 Å². The first-order chi connectivity index (χ1) is 22.5. The smallest absolute Gasteiger partial charge is 0.411 e. The van der Waals surface area contributed by atoms with E-state index in [4.69, 9.17) is 31.5 Å². The maximum absolute atomic E-state index is 11.6. The van der Waals surface area contributed by atoms with Crippen molar-refractivity contribution >= 4 is 30.0 Å². The molecule has 0 saturated carbocycles. The van der Waals surface area contributed by atoms with Crippen LogP contribution in [-0.2, 0) is 41.5 Å². The standard InChI is InChI=1S/C10H17NO4.C10H13NO2.C9H11NO2.C5H9NO2/c1-10(2,3)15-9(14)11-6-4-5-7(11)8(12)13;1-13-10(12)9(11)7-8-5-3-2-4-6-8;10-8(9(11)12)6-7-4-2-1-3-5-7;7-5(8)4-2-1-3-6-4/h7H,4-6H2,1-3H3,(H,12,13);2-6,9H,7,11H2,1H3;1-5,8H,6,10H2,(H,11,12);4,6H,1-3H2,(H,7,8)/t7-;9-;8-;4-/m0000/s1. The fraction of sp³-hybridized carbons (Fsp3) is 0.500. The largest absolute Gasteiger partial charge is 0.480 e. The maximum Gasteiger partial charge on any atom is 0.411 e. The highest BCUT2D eigenvalue weighted by Gasteiger charge is 2.36. The molecule has 2 aromatic carbocycles. The Bertz CT molecular complexity index is 1280. The van der Waals surface area contributed by atoms with Crippen LogP contribution in [0.5, 0.6) is 0 Å². The molecule has 14 heteroatoms. The van der Waals surface area contributed by atoms with Gasteiger partial charge < -0.3 is 41.6 Å². The summed E-state index contributed by atoms with van der Waals surface area (Å²) >= 11 is 0. The monoisotopic (exact) mass is 674 g/mol. The van der Waals surface area contributed by atoms with E-state index in [9.17, 15) is 24.0 Å². The van der Waals surface area contributed by atoms with Gasteiger partial charge in [0.25, 0.3) is 0 Å². The predicted octanol–water partition coefficient (Wildman–Crippen LogP) is 2.66. The molecule has 266 valence electrons. The number of hydrogen-bond acceptors (Lipinski definition) is 10. The first kappa shape index (κ1) is 41.5. The van der Waals surface area contributed by atoms with Gasteiger partial charge in [-0.3, -0.25) is 19.3 Å². The van der Waals surface area contributed by atoms with E-state index < -0.39 is 47.7 Å². The number of likely N-dealkylation sites (tertiary alicyclic amines) is 1. The van der Waals surface area contributed by atoms with E-state index in [1.54, 1.807) is 20.8 Å². The number of nitrogens with zero attached hydrogens (tertiary/aromatic N) is 1. The molecule has 0 aliphatic carbocycles. The van der Waals surface area contributed by atoms with Gasteiger partial charge in [-0.1, -0.05) is 60.7 Å². The van der Waals surface area contributed by atoms with Gasteiger partial charge in [0.15, 0.2) is 0 Å². The third-order valence-electron chi connectivity index (χ3n) is 6.94. The number of hydrogen-bond donors (Lipinski definition) is 6. The molecule has 48 heavy (non-hydrogen) atoms. The van der Waals surface area contributed by atoms with Crippen molar-refractivity contribution in [2.24, 2.45) is 11.5 Å². The number of carboxylic acid groups (broad SMARTS) is 3. The molecule has 2 aromatic rings. The Morgan fingerprint density at radius 2 is 1.35 bits per heavy atom. The number of amides is 1. The van der Waals surface area contributed by atoms with Crippen molar-refractivity contribution in [2.45, 2.75) is 89.1 Å². The molecule has 0 bridgehead atoms. The lowest BCUT2D eigenvalue weighted by atomic mass is 10.1. The minimum atomic E-state index is -0.960. The summed E-state index contributed by atoms with van der Waals surface area (Å²) in [5, 5.41) is 28.6. The fourth-order valence-corrected chi connectivity index (χ4v) is 4.52. The van der Waals surface area contributed by atoms with Crippen molar-refractivity contribution in [1.29, 1.82) is 0 Å². The van der Waals surface area contributed by atoms with Gasteiger partial charge in [0.05, 0.1) is 7.11 Å². The minimum Gasteiger partial charge on any atom is -0.480 e. The Morgan fingerprint density at radius 1 is 0.833 bits per heavy atom. The van der Waals surface area contributed by atoms with Crippen LogP contribution >= 0.6 is 0 Å². The second-order valence-electron chi connectivity index (χ2n) is 12.1. The number of ether oxygens (including phenoxy) is 2. The lowest BCUT2D eigenvalue weighted by molar-refractivity contribution is -0.142. The molecular weight excluding hydrogens is 624 g/mol. The minimum absolute atomic E-state index is 0.269. The second kappa shape index (κ2) is 21.4. The van der Waals surface area contributed by atoms with Crippen LogP contribution in [0.3, 0.4) is 0 Å². The first-order valence-corrected chi connectivity index (χ1v) is 15.6. The van der Waals surface area contributed by atoms with Crippen molar-refractivity contribution in [3.63, 3.8) is 0 Å². The van der Waals surface area contributed by atoms with E-state index in [0.29, 0.717) is 25.8 Å². The van der Waals surface area contributed by atoms with Gasteiger partial charge in [-0.15, -0.1) is 0 Å². The number of carbonyl (C=O) groups is 5. The van der Waals surface area contributed by atoms with E-state index in [2.05, 4.69) is 10.1 Å². The Hall–Kier alpha value is -4.53. The molecule has 0 unspecified atom stereocenters. The second-order valence-corrected chi connectivity index (χ2v) is 12.1. The van der Waals surface area contributed by atoms with Gasteiger partial charge in [0.1, 0.15) is 29.8 Å². The highest BCUT2D eigenvalue weighted by Crippen LogP contribution is 2.20. The molecule has 2 heterocycles. The molecule has 14 nitrogen and oxygen atoms in total. The number of methoxy groups -OCH3 is 1. The van der Waals surface area contributed by atoms with Crippen LogP contribution in [0.25, 0.3) is 0 Å². The van der Waals surface area contributed by atoms with E-state index in [-0.39, 0.29) is 12.0 Å². The summed E-state index contributed by atoms with van der Waals surface area (Å²) in [7, 11) is 1.34. The van der Waals surface area contributed by atoms with Gasteiger partial charge >= 0.3 is 30.0 Å². The number of aliphatic carboxylic acids is 3. The van der Waals surface area contributed by atoms with Crippen molar-refractivity contribution in [3.8, 4) is 0 Å². The van der Waals surface area contributed by atoms with E-state index in [1.807, 2.05) is 60.7 Å². The van der Waals surface area contributed by atoms with Gasteiger partial charge in [0.2, 0.25) is 0 Å². The lowest BCUT2D eigenvalue weighted by Crippen LogP contribution is -2.43. The summed E-state index contributed by atoms with van der Waals surface area (Å²) < 4.78 is 9.65. The zero-order valence-electron chi connectivity index (χ0n) is 28.0. The summed E-state index contributed by atoms with van der Waals surface area (Å²) in [4.78, 5) is 55.2. The number of rotatable bonds is 8. The third-order valence-corrected chi connectivity index (χ3v) is 6.94. The molecule has 2 aliphatic heterocycles. The topological polar surface area (TPSA) is 232 Å². The van der Waals surface area contributed by atoms with E-state index in [0.717, 1.165) is 36.9 Å². The zero-order valence-corrected chi connectivity index (χ0v) is 28.0. The molecule has 0 radical (unpaired) electrons. The molecular formula is C34H50N4O10. The van der Waals surface area contributed by atoms with Crippen LogP contribution in [0.4, 0.5) is 4.79 Å². The van der Waals surface area contributed by atoms with E-state index >= 15 is 0 Å². The Kier molecular flexibility index (Phi) is 18.5. The molecule has 2 saturated heterocycles. The Balaban J connectivity index is 0.000000326. The van der Waals surface area contributed by atoms with Gasteiger partial charge in [-0.05, 0) is 77.0 Å². The van der Waals surface area contributed by atoms with Crippen LogP contribution < -0.4 is 16.8 Å². The molecule has 2 aliphatic rings. The summed E-state index contributed by atoms with van der Waals surface area (Å²) in [6.07, 6.45) is 3.38. The van der Waals surface area contributed by atoms with Crippen LogP contribution in [0.15, 0.2) is 60.7 Å². The van der Waals surface area contributed by atoms with Crippen molar-refractivity contribution in [2.75, 3.05) is 20.2 Å². The molecule has 4 atom stereocenters. The van der Waals surface area contributed by atoms with Crippen LogP contribution in [0.2, 0.25) is 0 Å².